The molecular weight excluding hydrogens is 326 g/mol. The van der Waals surface area contributed by atoms with Crippen LogP contribution in [0.1, 0.15) is 17.4 Å². The number of carbonyl (C=O) groups is 2. The van der Waals surface area contributed by atoms with Gasteiger partial charge < -0.3 is 20.3 Å². The van der Waals surface area contributed by atoms with Gasteiger partial charge in [0.2, 0.25) is 5.91 Å². The summed E-state index contributed by atoms with van der Waals surface area (Å²) >= 11 is 0. The lowest BCUT2D eigenvalue weighted by molar-refractivity contribution is -0.121. The molecule has 25 heavy (non-hydrogen) atoms. The second-order valence-electron chi connectivity index (χ2n) is 5.12. The summed E-state index contributed by atoms with van der Waals surface area (Å²) in [4.78, 5) is 27.2. The van der Waals surface area contributed by atoms with E-state index in [0.717, 1.165) is 0 Å². The minimum absolute atomic E-state index is 0.0602. The van der Waals surface area contributed by atoms with Gasteiger partial charge >= 0.3 is 0 Å². The van der Waals surface area contributed by atoms with Crippen LogP contribution in [0.5, 0.6) is 17.2 Å². The summed E-state index contributed by atoms with van der Waals surface area (Å²) in [7, 11) is 0. The fraction of sp³-hybridized carbons (Fsp3) is 0.235. The smallest absolute Gasteiger partial charge is 0.280 e. The van der Waals surface area contributed by atoms with E-state index in [4.69, 9.17) is 15.2 Å². The minimum atomic E-state index is -0.860. The third kappa shape index (κ3) is 5.18. The molecule has 2 rings (SSSR count). The van der Waals surface area contributed by atoms with Crippen molar-refractivity contribution in [2.24, 2.45) is 5.73 Å². The van der Waals surface area contributed by atoms with E-state index in [9.17, 15) is 14.7 Å². The first-order valence-electron chi connectivity index (χ1n) is 7.58. The summed E-state index contributed by atoms with van der Waals surface area (Å²) in [5.41, 5.74) is 5.05. The second-order valence-corrected chi connectivity index (χ2v) is 5.12. The molecule has 0 radical (unpaired) electrons. The number of nitrogens with one attached hydrogen (secondary N) is 1. The molecule has 0 fully saturated rings. The predicted molar refractivity (Wildman–Crippen MR) is 89.5 cm³/mol. The summed E-state index contributed by atoms with van der Waals surface area (Å²) in [6.45, 7) is 1.82. The van der Waals surface area contributed by atoms with Gasteiger partial charge in [0.15, 0.2) is 17.2 Å². The highest BCUT2D eigenvalue weighted by Crippen LogP contribution is 2.28. The monoisotopic (exact) mass is 345 g/mol. The molecule has 1 atom stereocenters. The summed E-state index contributed by atoms with van der Waals surface area (Å²) in [6.07, 6.45) is 1.29. The molecule has 0 aliphatic carbocycles. The van der Waals surface area contributed by atoms with Crippen molar-refractivity contribution >= 4 is 11.8 Å². The van der Waals surface area contributed by atoms with E-state index in [1.54, 1.807) is 0 Å². The molecule has 2 amide bonds. The van der Waals surface area contributed by atoms with Crippen molar-refractivity contribution in [3.63, 3.8) is 0 Å². The summed E-state index contributed by atoms with van der Waals surface area (Å²) in [6, 6.07) is 9.73. The van der Waals surface area contributed by atoms with E-state index in [2.05, 4.69) is 4.98 Å². The van der Waals surface area contributed by atoms with Crippen molar-refractivity contribution in [1.29, 1.82) is 0 Å². The number of aromatic nitrogens is 1. The zero-order valence-corrected chi connectivity index (χ0v) is 13.6. The molecule has 1 aromatic heterocycles. The number of pyridine rings is 1. The highest BCUT2D eigenvalue weighted by molar-refractivity contribution is 6.06. The van der Waals surface area contributed by atoms with Gasteiger partial charge in [0, 0.05) is 12.3 Å². The molecule has 1 aromatic carbocycles. The number of benzene rings is 1. The van der Waals surface area contributed by atoms with Crippen molar-refractivity contribution in [3.05, 3.63) is 48.3 Å². The first kappa shape index (κ1) is 18.2. The van der Waals surface area contributed by atoms with Gasteiger partial charge in [-0.3, -0.25) is 14.9 Å². The zero-order valence-electron chi connectivity index (χ0n) is 13.6. The van der Waals surface area contributed by atoms with Crippen LogP contribution in [0, 0.1) is 0 Å². The summed E-state index contributed by atoms with van der Waals surface area (Å²) in [5, 5.41) is 12.1. The van der Waals surface area contributed by atoms with Crippen LogP contribution >= 0.6 is 0 Å². The number of nitrogens with two attached hydrogens (primary N) is 1. The van der Waals surface area contributed by atoms with E-state index in [1.165, 1.54) is 19.2 Å². The number of hydrogen-bond donors (Lipinski definition) is 3. The molecule has 0 aliphatic heterocycles. The van der Waals surface area contributed by atoms with E-state index < -0.39 is 23.6 Å². The molecule has 8 nitrogen and oxygen atoms in total. The Morgan fingerprint density at radius 1 is 1.20 bits per heavy atom. The van der Waals surface area contributed by atoms with Crippen LogP contribution in [0.2, 0.25) is 0 Å². The van der Waals surface area contributed by atoms with E-state index >= 15 is 0 Å². The fourth-order valence-electron chi connectivity index (χ4n) is 1.83. The Labute approximate surface area is 144 Å². The maximum absolute atomic E-state index is 12.0. The Bertz CT molecular complexity index is 734. The van der Waals surface area contributed by atoms with Crippen LogP contribution < -0.4 is 20.5 Å². The second kappa shape index (κ2) is 8.65. The van der Waals surface area contributed by atoms with Gasteiger partial charge in [0.1, 0.15) is 19.0 Å². The van der Waals surface area contributed by atoms with Crippen LogP contribution in [0.4, 0.5) is 0 Å². The minimum Gasteiger partial charge on any atom is -0.503 e. The Balaban J connectivity index is 1.93. The van der Waals surface area contributed by atoms with Gasteiger partial charge in [-0.1, -0.05) is 18.2 Å². The average molecular weight is 345 g/mol. The first-order chi connectivity index (χ1) is 12.0. The summed E-state index contributed by atoms with van der Waals surface area (Å²) in [5.74, 6) is -1.23. The number of amides is 2. The number of aromatic hydroxyl groups is 1. The standard InChI is InChI=1S/C17H19N3O5/c1-11(18)16(22)20-17(23)14-15(21)13(7-8-19-14)25-10-9-24-12-5-3-2-4-6-12/h2-8,11,21H,9-10,18H2,1H3,(H,20,22,23)/t11-/m0/s1. The number of para-hydroxylation sites is 1. The van der Waals surface area contributed by atoms with Crippen molar-refractivity contribution in [3.8, 4) is 17.2 Å². The molecule has 132 valence electrons. The van der Waals surface area contributed by atoms with E-state index in [-0.39, 0.29) is 24.7 Å². The van der Waals surface area contributed by atoms with Crippen LogP contribution in [0.25, 0.3) is 0 Å². The molecule has 0 unspecified atom stereocenters. The third-order valence-electron chi connectivity index (χ3n) is 3.11. The number of imide groups is 1. The molecule has 0 saturated heterocycles. The van der Waals surface area contributed by atoms with Gasteiger partial charge in [0.25, 0.3) is 5.91 Å². The number of rotatable bonds is 7. The van der Waals surface area contributed by atoms with Crippen molar-refractivity contribution < 1.29 is 24.2 Å². The lowest BCUT2D eigenvalue weighted by atomic mass is 10.2. The molecule has 2 aromatic rings. The maximum atomic E-state index is 12.0. The largest absolute Gasteiger partial charge is 0.503 e. The number of nitrogens with zero attached hydrogens (tertiary/aromatic N) is 1. The average Bonchev–Trinajstić information content (AvgIpc) is 2.60. The van der Waals surface area contributed by atoms with Gasteiger partial charge in [-0.15, -0.1) is 0 Å². The molecule has 0 aliphatic rings. The zero-order chi connectivity index (χ0) is 18.2. The van der Waals surface area contributed by atoms with Gasteiger partial charge in [0.05, 0.1) is 6.04 Å². The molecule has 8 heteroatoms. The van der Waals surface area contributed by atoms with Crippen LogP contribution in [0.3, 0.4) is 0 Å². The third-order valence-corrected chi connectivity index (χ3v) is 3.11. The maximum Gasteiger partial charge on any atom is 0.280 e. The SMILES string of the molecule is C[C@H](N)C(=O)NC(=O)c1nccc(OCCOc2ccccc2)c1O. The van der Waals surface area contributed by atoms with Gasteiger partial charge in [-0.2, -0.15) is 0 Å². The van der Waals surface area contributed by atoms with E-state index in [0.29, 0.717) is 5.75 Å². The molecule has 1 heterocycles. The van der Waals surface area contributed by atoms with Crippen LogP contribution in [0.15, 0.2) is 42.6 Å². The van der Waals surface area contributed by atoms with Gasteiger partial charge in [-0.25, -0.2) is 4.98 Å². The van der Waals surface area contributed by atoms with Crippen molar-refractivity contribution in [2.45, 2.75) is 13.0 Å². The summed E-state index contributed by atoms with van der Waals surface area (Å²) < 4.78 is 10.9. The lowest BCUT2D eigenvalue weighted by Gasteiger charge is -2.11. The molecule has 0 spiro atoms. The highest BCUT2D eigenvalue weighted by atomic mass is 16.5. The number of hydrogen-bond acceptors (Lipinski definition) is 7. The lowest BCUT2D eigenvalue weighted by Crippen LogP contribution is -2.41. The quantitative estimate of drug-likeness (QED) is 0.635. The number of ether oxygens (including phenoxy) is 2. The van der Waals surface area contributed by atoms with Crippen LogP contribution in [-0.2, 0) is 4.79 Å². The Kier molecular flexibility index (Phi) is 6.30. The van der Waals surface area contributed by atoms with E-state index in [1.807, 2.05) is 35.6 Å². The van der Waals surface area contributed by atoms with Crippen LogP contribution in [-0.4, -0.2) is 41.2 Å². The molecule has 4 N–H and O–H groups in total. The molecule has 0 bridgehead atoms. The molecular formula is C17H19N3O5. The molecule has 0 saturated carbocycles. The van der Waals surface area contributed by atoms with Gasteiger partial charge in [-0.05, 0) is 19.1 Å². The van der Waals surface area contributed by atoms with Crippen molar-refractivity contribution in [1.82, 2.24) is 10.3 Å². The normalized spacial score (nSPS) is 11.4. The topological polar surface area (TPSA) is 124 Å². The predicted octanol–water partition coefficient (Wildman–Crippen LogP) is 0.849. The first-order valence-corrected chi connectivity index (χ1v) is 7.58. The Hall–Kier alpha value is -3.13. The van der Waals surface area contributed by atoms with Crippen molar-refractivity contribution in [2.75, 3.05) is 13.2 Å². The fourth-order valence-corrected chi connectivity index (χ4v) is 1.83. The highest BCUT2D eigenvalue weighted by Gasteiger charge is 2.20. The Morgan fingerprint density at radius 3 is 2.56 bits per heavy atom. The Morgan fingerprint density at radius 2 is 1.88 bits per heavy atom. The number of carbonyl (C=O) groups excluding carboxylic acids is 2.